The van der Waals surface area contributed by atoms with Crippen LogP contribution in [0.15, 0.2) is 48.5 Å². The summed E-state index contributed by atoms with van der Waals surface area (Å²) in [4.78, 5) is 12.2. The van der Waals surface area contributed by atoms with Crippen molar-refractivity contribution in [3.05, 3.63) is 59.7 Å². The Balaban J connectivity index is 1.83. The Bertz CT molecular complexity index is 849. The molecule has 27 heavy (non-hydrogen) atoms. The largest absolute Gasteiger partial charge is 0.494 e. The quantitative estimate of drug-likeness (QED) is 0.610. The molecule has 0 radical (unpaired) electrons. The summed E-state index contributed by atoms with van der Waals surface area (Å²) in [5, 5.41) is 2.85. The number of nitrogens with one attached hydrogen (secondary N) is 2. The number of anilines is 1. The number of hydrogen-bond donors (Lipinski definition) is 2. The molecule has 0 spiro atoms. The molecular weight excluding hydrogens is 364 g/mol. The van der Waals surface area contributed by atoms with Crippen LogP contribution in [0.3, 0.4) is 0 Å². The number of benzene rings is 2. The third-order valence-electron chi connectivity index (χ3n) is 3.82. The Morgan fingerprint density at radius 1 is 1.11 bits per heavy atom. The molecule has 0 heterocycles. The summed E-state index contributed by atoms with van der Waals surface area (Å²) in [6, 6.07) is 14.3. The van der Waals surface area contributed by atoms with Gasteiger partial charge in [-0.3, -0.25) is 9.52 Å². The van der Waals surface area contributed by atoms with E-state index in [2.05, 4.69) is 17.0 Å². The van der Waals surface area contributed by atoms with Gasteiger partial charge in [0.1, 0.15) is 5.75 Å². The van der Waals surface area contributed by atoms with Crippen LogP contribution in [0.25, 0.3) is 0 Å². The van der Waals surface area contributed by atoms with E-state index < -0.39 is 10.0 Å². The average Bonchev–Trinajstić information content (AvgIpc) is 2.62. The first-order valence-electron chi connectivity index (χ1n) is 8.95. The molecule has 0 aliphatic heterocycles. The predicted molar refractivity (Wildman–Crippen MR) is 108 cm³/mol. The number of hydrogen-bond acceptors (Lipinski definition) is 4. The maximum atomic E-state index is 12.2. The maximum Gasteiger partial charge on any atom is 0.251 e. The van der Waals surface area contributed by atoms with Gasteiger partial charge in [0.15, 0.2) is 0 Å². The normalized spacial score (nSPS) is 11.0. The molecule has 7 heteroatoms. The molecule has 0 aliphatic carbocycles. The van der Waals surface area contributed by atoms with Gasteiger partial charge < -0.3 is 10.1 Å². The van der Waals surface area contributed by atoms with Crippen molar-refractivity contribution in [2.75, 3.05) is 24.1 Å². The van der Waals surface area contributed by atoms with Gasteiger partial charge in [0.05, 0.1) is 12.9 Å². The Kier molecular flexibility index (Phi) is 7.67. The first-order chi connectivity index (χ1) is 12.9. The van der Waals surface area contributed by atoms with Crippen LogP contribution in [0.4, 0.5) is 5.69 Å². The van der Waals surface area contributed by atoms with Crippen LogP contribution < -0.4 is 14.8 Å². The second-order valence-corrected chi connectivity index (χ2v) is 8.06. The highest BCUT2D eigenvalue weighted by Gasteiger charge is 2.08. The lowest BCUT2D eigenvalue weighted by atomic mass is 10.1. The zero-order valence-electron chi connectivity index (χ0n) is 15.7. The van der Waals surface area contributed by atoms with Crippen LogP contribution in [0.1, 0.15) is 35.7 Å². The molecular formula is C20H26N2O4S. The molecule has 0 aromatic heterocycles. The summed E-state index contributed by atoms with van der Waals surface area (Å²) < 4.78 is 30.6. The third-order valence-corrected chi connectivity index (χ3v) is 4.42. The summed E-state index contributed by atoms with van der Waals surface area (Å²) in [7, 11) is -3.38. The van der Waals surface area contributed by atoms with Gasteiger partial charge >= 0.3 is 0 Å². The van der Waals surface area contributed by atoms with E-state index in [1.165, 1.54) is 6.07 Å². The molecule has 2 rings (SSSR count). The molecule has 0 aliphatic rings. The summed E-state index contributed by atoms with van der Waals surface area (Å²) in [5.74, 6) is 0.609. The van der Waals surface area contributed by atoms with E-state index >= 15 is 0 Å². The number of carbonyl (C=O) groups excluding carboxylic acids is 1. The highest BCUT2D eigenvalue weighted by molar-refractivity contribution is 7.92. The average molecular weight is 391 g/mol. The van der Waals surface area contributed by atoms with Gasteiger partial charge in [-0.1, -0.05) is 31.5 Å². The van der Waals surface area contributed by atoms with Crippen LogP contribution in [0.2, 0.25) is 0 Å². The van der Waals surface area contributed by atoms with E-state index in [0.717, 1.165) is 37.0 Å². The summed E-state index contributed by atoms with van der Waals surface area (Å²) in [6.45, 7) is 3.33. The monoisotopic (exact) mass is 390 g/mol. The molecule has 0 unspecified atom stereocenters. The molecule has 0 saturated carbocycles. The van der Waals surface area contributed by atoms with E-state index in [1.54, 1.807) is 18.2 Å². The molecule has 2 aromatic rings. The SMILES string of the molecule is CCCCOc1ccc(CCNC(=O)c2cccc(NS(C)(=O)=O)c2)cc1. The number of unbranched alkanes of at least 4 members (excludes halogenated alkanes) is 1. The smallest absolute Gasteiger partial charge is 0.251 e. The van der Waals surface area contributed by atoms with Crippen molar-refractivity contribution in [1.29, 1.82) is 0 Å². The number of rotatable bonds is 10. The second-order valence-electron chi connectivity index (χ2n) is 6.31. The lowest BCUT2D eigenvalue weighted by Gasteiger charge is -2.09. The Hall–Kier alpha value is -2.54. The fraction of sp³-hybridized carbons (Fsp3) is 0.350. The van der Waals surface area contributed by atoms with Gasteiger partial charge in [0.25, 0.3) is 5.91 Å². The minimum absolute atomic E-state index is 0.244. The Morgan fingerprint density at radius 2 is 1.85 bits per heavy atom. The molecule has 0 saturated heterocycles. The van der Waals surface area contributed by atoms with Crippen molar-refractivity contribution in [3.63, 3.8) is 0 Å². The molecule has 146 valence electrons. The molecule has 0 atom stereocenters. The predicted octanol–water partition coefficient (Wildman–Crippen LogP) is 3.21. The van der Waals surface area contributed by atoms with Crippen molar-refractivity contribution in [2.24, 2.45) is 0 Å². The molecule has 0 fully saturated rings. The van der Waals surface area contributed by atoms with Crippen LogP contribution in [-0.4, -0.2) is 33.7 Å². The molecule has 2 N–H and O–H groups in total. The first-order valence-corrected chi connectivity index (χ1v) is 10.8. The summed E-state index contributed by atoms with van der Waals surface area (Å²) in [6.07, 6.45) is 3.90. The lowest BCUT2D eigenvalue weighted by Crippen LogP contribution is -2.25. The van der Waals surface area contributed by atoms with Crippen molar-refractivity contribution in [3.8, 4) is 5.75 Å². The zero-order chi connectivity index (χ0) is 19.7. The molecule has 1 amide bonds. The minimum Gasteiger partial charge on any atom is -0.494 e. The number of ether oxygens (including phenoxy) is 1. The lowest BCUT2D eigenvalue weighted by molar-refractivity contribution is 0.0954. The summed E-state index contributed by atoms with van der Waals surface area (Å²) in [5.41, 5.74) is 1.87. The summed E-state index contributed by atoms with van der Waals surface area (Å²) >= 11 is 0. The van der Waals surface area contributed by atoms with Crippen LogP contribution in [-0.2, 0) is 16.4 Å². The van der Waals surface area contributed by atoms with E-state index in [0.29, 0.717) is 24.2 Å². The van der Waals surface area contributed by atoms with Crippen LogP contribution in [0, 0.1) is 0 Å². The second kappa shape index (κ2) is 9.97. The van der Waals surface area contributed by atoms with Gasteiger partial charge in [-0.05, 0) is 48.7 Å². The molecule has 2 aromatic carbocycles. The van der Waals surface area contributed by atoms with Crippen molar-refractivity contribution >= 4 is 21.6 Å². The van der Waals surface area contributed by atoms with E-state index in [4.69, 9.17) is 4.74 Å². The van der Waals surface area contributed by atoms with E-state index in [9.17, 15) is 13.2 Å². The van der Waals surface area contributed by atoms with Gasteiger partial charge in [-0.2, -0.15) is 0 Å². The number of carbonyl (C=O) groups is 1. The van der Waals surface area contributed by atoms with Gasteiger partial charge in [0.2, 0.25) is 10.0 Å². The van der Waals surface area contributed by atoms with Crippen LogP contribution >= 0.6 is 0 Å². The Labute approximate surface area is 161 Å². The van der Waals surface area contributed by atoms with Crippen molar-refractivity contribution in [2.45, 2.75) is 26.2 Å². The fourth-order valence-electron chi connectivity index (χ4n) is 2.45. The van der Waals surface area contributed by atoms with Crippen molar-refractivity contribution < 1.29 is 17.9 Å². The van der Waals surface area contributed by atoms with Gasteiger partial charge in [-0.25, -0.2) is 8.42 Å². The zero-order valence-corrected chi connectivity index (χ0v) is 16.5. The van der Waals surface area contributed by atoms with E-state index in [-0.39, 0.29) is 5.91 Å². The highest BCUT2D eigenvalue weighted by atomic mass is 32.2. The Morgan fingerprint density at radius 3 is 2.52 bits per heavy atom. The molecule has 6 nitrogen and oxygen atoms in total. The highest BCUT2D eigenvalue weighted by Crippen LogP contribution is 2.14. The van der Waals surface area contributed by atoms with E-state index in [1.807, 2.05) is 24.3 Å². The molecule has 0 bridgehead atoms. The van der Waals surface area contributed by atoms with Gasteiger partial charge in [0, 0.05) is 17.8 Å². The number of sulfonamides is 1. The maximum absolute atomic E-state index is 12.2. The third kappa shape index (κ3) is 7.70. The van der Waals surface area contributed by atoms with Gasteiger partial charge in [-0.15, -0.1) is 0 Å². The first kappa shape index (κ1) is 20.8. The van der Waals surface area contributed by atoms with Crippen LogP contribution in [0.5, 0.6) is 5.75 Å². The standard InChI is InChI=1S/C20H26N2O4S/c1-3-4-14-26-19-10-8-16(9-11-19)12-13-21-20(23)17-6-5-7-18(15-17)22-27(2,24)25/h5-11,15,22H,3-4,12-14H2,1-2H3,(H,21,23). The minimum atomic E-state index is -3.38. The van der Waals surface area contributed by atoms with Crippen molar-refractivity contribution in [1.82, 2.24) is 5.32 Å². The number of amides is 1. The fourth-order valence-corrected chi connectivity index (χ4v) is 3.00. The topological polar surface area (TPSA) is 84.5 Å².